The average Bonchev–Trinajstić information content (AvgIpc) is 2.91. The van der Waals surface area contributed by atoms with Gasteiger partial charge in [0.1, 0.15) is 0 Å². The van der Waals surface area contributed by atoms with E-state index in [1.165, 1.54) is 0 Å². The number of fused-ring (bicyclic) bond motifs is 6. The van der Waals surface area contributed by atoms with Gasteiger partial charge < -0.3 is 0 Å². The highest BCUT2D eigenvalue weighted by Gasteiger charge is 2.39. The highest BCUT2D eigenvalue weighted by atomic mass is 19.2. The van der Waals surface area contributed by atoms with Gasteiger partial charge in [-0.3, -0.25) is 0 Å². The second kappa shape index (κ2) is 9.41. The van der Waals surface area contributed by atoms with E-state index >= 15 is 17.6 Å². The van der Waals surface area contributed by atoms with Gasteiger partial charge in [-0.2, -0.15) is 0 Å². The highest BCUT2D eigenvalue weighted by Crippen LogP contribution is 2.42. The van der Waals surface area contributed by atoms with Crippen molar-refractivity contribution in [1.29, 1.82) is 0 Å². The van der Waals surface area contributed by atoms with Gasteiger partial charge in [0.05, 0.1) is 0 Å². The van der Waals surface area contributed by atoms with Gasteiger partial charge in [0.25, 0.3) is 0 Å². The minimum absolute atomic E-state index is 0.203. The summed E-state index contributed by atoms with van der Waals surface area (Å²) >= 11 is 0. The molecule has 0 aromatic heterocycles. The lowest BCUT2D eigenvalue weighted by Gasteiger charge is -2.32. The van der Waals surface area contributed by atoms with Crippen molar-refractivity contribution in [3.05, 3.63) is 107 Å². The molecule has 0 aliphatic carbocycles. The summed E-state index contributed by atoms with van der Waals surface area (Å²) in [6.45, 7) is 8.44. The van der Waals surface area contributed by atoms with Crippen LogP contribution in [0, 0.1) is 23.3 Å². The van der Waals surface area contributed by atoms with Crippen molar-refractivity contribution in [3.63, 3.8) is 0 Å². The van der Waals surface area contributed by atoms with Gasteiger partial charge in [-0.25, -0.2) is 17.6 Å². The van der Waals surface area contributed by atoms with E-state index in [4.69, 9.17) is 0 Å². The van der Waals surface area contributed by atoms with E-state index in [1.807, 2.05) is 42.5 Å². The van der Waals surface area contributed by atoms with E-state index in [9.17, 15) is 0 Å². The van der Waals surface area contributed by atoms with Crippen LogP contribution in [0.25, 0.3) is 32.3 Å². The quantitative estimate of drug-likeness (QED) is 0.120. The Morgan fingerprint density at radius 3 is 1.37 bits per heavy atom. The Bertz CT molecular complexity index is 1630. The van der Waals surface area contributed by atoms with E-state index in [1.54, 1.807) is 34.6 Å². The lowest BCUT2D eigenvalue weighted by atomic mass is 9.73. The molecule has 0 heterocycles. The molecule has 5 rings (SSSR count). The van der Waals surface area contributed by atoms with Crippen molar-refractivity contribution < 1.29 is 17.6 Å². The fourth-order valence-corrected chi connectivity index (χ4v) is 6.02. The highest BCUT2D eigenvalue weighted by molar-refractivity contribution is 6.25. The second-order valence-corrected chi connectivity index (χ2v) is 11.3. The van der Waals surface area contributed by atoms with Crippen LogP contribution in [0.15, 0.2) is 66.7 Å². The third-order valence-electron chi connectivity index (χ3n) is 8.56. The van der Waals surface area contributed by atoms with Crippen LogP contribution in [0.3, 0.4) is 0 Å². The molecule has 0 saturated heterocycles. The van der Waals surface area contributed by atoms with Crippen molar-refractivity contribution in [2.24, 2.45) is 0 Å². The van der Waals surface area contributed by atoms with Gasteiger partial charge in [-0.05, 0) is 68.0 Å². The first-order valence-corrected chi connectivity index (χ1v) is 13.2. The van der Waals surface area contributed by atoms with Crippen molar-refractivity contribution in [2.45, 2.75) is 64.7 Å². The van der Waals surface area contributed by atoms with E-state index in [2.05, 4.69) is 24.3 Å². The second-order valence-electron chi connectivity index (χ2n) is 11.3. The molecule has 0 fully saturated rings. The first-order chi connectivity index (χ1) is 18.0. The fourth-order valence-electron chi connectivity index (χ4n) is 6.02. The zero-order valence-electron chi connectivity index (χ0n) is 22.5. The minimum atomic E-state index is -1.30. The standard InChI is InChI=1S/C34H32F4/c1-6-34(5,7-2)28-31(37)29(35)27(30(36)32(28)38)33(3,4)19-20-16-17-25-23-14-9-8-12-21(23)22-13-10-11-15-24(22)26(25)18-20/h8-18H,6-7,19H2,1-5H3. The Morgan fingerprint density at radius 2 is 0.921 bits per heavy atom. The Balaban J connectivity index is 1.66. The topological polar surface area (TPSA) is 0 Å². The van der Waals surface area contributed by atoms with Gasteiger partial charge in [0, 0.05) is 11.1 Å². The summed E-state index contributed by atoms with van der Waals surface area (Å²) in [5.41, 5.74) is -2.42. The monoisotopic (exact) mass is 516 g/mol. The molecule has 0 saturated carbocycles. The molecular weight excluding hydrogens is 484 g/mol. The summed E-state index contributed by atoms with van der Waals surface area (Å²) in [5.74, 6) is -5.16. The summed E-state index contributed by atoms with van der Waals surface area (Å²) in [6, 6.07) is 22.4. The van der Waals surface area contributed by atoms with E-state index in [-0.39, 0.29) is 6.42 Å². The summed E-state index contributed by atoms with van der Waals surface area (Å²) in [6.07, 6.45) is 0.923. The lowest BCUT2D eigenvalue weighted by molar-refractivity contribution is 0.338. The lowest BCUT2D eigenvalue weighted by Crippen LogP contribution is -2.30. The maximum absolute atomic E-state index is 15.6. The molecule has 38 heavy (non-hydrogen) atoms. The molecule has 5 aromatic rings. The molecule has 0 N–H and O–H groups in total. The molecule has 0 atom stereocenters. The van der Waals surface area contributed by atoms with Crippen molar-refractivity contribution >= 4 is 32.3 Å². The predicted octanol–water partition coefficient (Wildman–Crippen LogP) is 10.3. The van der Waals surface area contributed by atoms with E-state index < -0.39 is 45.2 Å². The molecule has 5 aromatic carbocycles. The van der Waals surface area contributed by atoms with Crippen LogP contribution in [0.2, 0.25) is 0 Å². The summed E-state index contributed by atoms with van der Waals surface area (Å²) in [4.78, 5) is 0. The zero-order valence-corrected chi connectivity index (χ0v) is 22.5. The van der Waals surface area contributed by atoms with Gasteiger partial charge in [0.2, 0.25) is 0 Å². The number of rotatable bonds is 6. The van der Waals surface area contributed by atoms with Gasteiger partial charge in [-0.15, -0.1) is 0 Å². The number of benzene rings is 5. The van der Waals surface area contributed by atoms with Crippen LogP contribution in [-0.4, -0.2) is 0 Å². The van der Waals surface area contributed by atoms with E-state index in [0.29, 0.717) is 12.8 Å². The van der Waals surface area contributed by atoms with Crippen molar-refractivity contribution in [1.82, 2.24) is 0 Å². The molecule has 0 aliphatic heterocycles. The maximum atomic E-state index is 15.6. The molecule has 0 amide bonds. The van der Waals surface area contributed by atoms with Crippen LogP contribution in [0.5, 0.6) is 0 Å². The zero-order chi connectivity index (χ0) is 27.4. The molecule has 0 radical (unpaired) electrons. The summed E-state index contributed by atoms with van der Waals surface area (Å²) in [7, 11) is 0. The number of hydrogen-bond acceptors (Lipinski definition) is 0. The Morgan fingerprint density at radius 1 is 0.526 bits per heavy atom. The maximum Gasteiger partial charge on any atom is 0.166 e. The predicted molar refractivity (Wildman–Crippen MR) is 150 cm³/mol. The normalized spacial score (nSPS) is 12.7. The molecule has 0 aliphatic rings. The molecule has 4 heteroatoms. The largest absolute Gasteiger partial charge is 0.203 e. The summed E-state index contributed by atoms with van der Waals surface area (Å²) in [5, 5.41) is 6.60. The van der Waals surface area contributed by atoms with Crippen molar-refractivity contribution in [2.75, 3.05) is 0 Å². The molecular formula is C34H32F4. The first-order valence-electron chi connectivity index (χ1n) is 13.2. The SMILES string of the molecule is CCC(C)(CC)c1c(F)c(F)c(C(C)(C)Cc2ccc3c4ccccc4c4ccccc4c3c2)c(F)c1F. The van der Waals surface area contributed by atoms with Crippen LogP contribution < -0.4 is 0 Å². The molecule has 196 valence electrons. The van der Waals surface area contributed by atoms with Crippen LogP contribution in [0.1, 0.15) is 64.2 Å². The Hall–Kier alpha value is -3.40. The Kier molecular flexibility index (Phi) is 6.49. The molecule has 0 unspecified atom stereocenters. The van der Waals surface area contributed by atoms with Crippen molar-refractivity contribution in [3.8, 4) is 0 Å². The molecule has 0 bridgehead atoms. The van der Waals surface area contributed by atoms with Gasteiger partial charge in [-0.1, -0.05) is 101 Å². The third-order valence-corrected chi connectivity index (χ3v) is 8.56. The van der Waals surface area contributed by atoms with Crippen LogP contribution in [0.4, 0.5) is 17.6 Å². The minimum Gasteiger partial charge on any atom is -0.203 e. The summed E-state index contributed by atoms with van der Waals surface area (Å²) < 4.78 is 61.9. The number of halogens is 4. The average molecular weight is 517 g/mol. The first kappa shape index (κ1) is 26.2. The number of hydrogen-bond donors (Lipinski definition) is 0. The molecule has 0 nitrogen and oxygen atoms in total. The van der Waals surface area contributed by atoms with E-state index in [0.717, 1.165) is 37.9 Å². The van der Waals surface area contributed by atoms with Gasteiger partial charge >= 0.3 is 0 Å². The smallest absolute Gasteiger partial charge is 0.166 e. The Labute approximate surface area is 221 Å². The van der Waals surface area contributed by atoms with Crippen LogP contribution >= 0.6 is 0 Å². The molecule has 0 spiro atoms. The third kappa shape index (κ3) is 3.97. The fraction of sp³-hybridized carbons (Fsp3) is 0.294. The van der Waals surface area contributed by atoms with Crippen LogP contribution in [-0.2, 0) is 17.3 Å². The van der Waals surface area contributed by atoms with Gasteiger partial charge in [0.15, 0.2) is 23.3 Å².